The van der Waals surface area contributed by atoms with Crippen molar-refractivity contribution in [2.75, 3.05) is 19.0 Å². The van der Waals surface area contributed by atoms with Crippen molar-refractivity contribution in [3.05, 3.63) is 98.5 Å². The third-order valence-electron chi connectivity index (χ3n) is 5.95. The number of anilines is 1. The SMILES string of the molecule is CC[C@H](C)c1nc2ccc(Br)cc2c(=O)n1N=Cc1ccc(N(C)C)cc1OCc1ccccc1. The lowest BCUT2D eigenvalue weighted by atomic mass is 10.1. The number of rotatable bonds is 8. The molecule has 1 atom stereocenters. The van der Waals surface area contributed by atoms with Gasteiger partial charge in [0.2, 0.25) is 0 Å². The van der Waals surface area contributed by atoms with Gasteiger partial charge in [0.15, 0.2) is 0 Å². The minimum absolute atomic E-state index is 0.0674. The number of aromatic nitrogens is 2. The fourth-order valence-electron chi connectivity index (χ4n) is 3.67. The molecule has 3 aromatic carbocycles. The van der Waals surface area contributed by atoms with Gasteiger partial charge in [-0.25, -0.2) is 4.98 Å². The van der Waals surface area contributed by atoms with Crippen molar-refractivity contribution in [3.63, 3.8) is 0 Å². The Bertz CT molecular complexity index is 1410. The summed E-state index contributed by atoms with van der Waals surface area (Å²) in [5, 5.41) is 5.14. The molecule has 0 saturated heterocycles. The molecule has 35 heavy (non-hydrogen) atoms. The molecule has 180 valence electrons. The highest BCUT2D eigenvalue weighted by molar-refractivity contribution is 9.10. The van der Waals surface area contributed by atoms with Gasteiger partial charge >= 0.3 is 0 Å². The second-order valence-corrected chi connectivity index (χ2v) is 9.61. The van der Waals surface area contributed by atoms with E-state index in [9.17, 15) is 4.79 Å². The quantitative estimate of drug-likeness (QED) is 0.253. The van der Waals surface area contributed by atoms with Gasteiger partial charge in [-0.3, -0.25) is 4.79 Å². The Hall–Kier alpha value is -3.45. The molecule has 4 rings (SSSR count). The van der Waals surface area contributed by atoms with Gasteiger partial charge in [0.1, 0.15) is 18.2 Å². The Morgan fingerprint density at radius 1 is 1.11 bits per heavy atom. The summed E-state index contributed by atoms with van der Waals surface area (Å²) in [5.41, 5.74) is 3.34. The first-order valence-corrected chi connectivity index (χ1v) is 12.4. The van der Waals surface area contributed by atoms with Gasteiger partial charge in [0.05, 0.1) is 17.1 Å². The molecule has 0 radical (unpaired) electrons. The van der Waals surface area contributed by atoms with E-state index in [2.05, 4.69) is 34.9 Å². The maximum Gasteiger partial charge on any atom is 0.282 e. The largest absolute Gasteiger partial charge is 0.488 e. The third kappa shape index (κ3) is 5.62. The van der Waals surface area contributed by atoms with Crippen LogP contribution in [0.15, 0.2) is 81.1 Å². The smallest absolute Gasteiger partial charge is 0.282 e. The van der Waals surface area contributed by atoms with E-state index in [1.807, 2.05) is 79.7 Å². The molecule has 0 unspecified atom stereocenters. The molecule has 4 aromatic rings. The molecule has 0 fully saturated rings. The number of nitrogens with zero attached hydrogens (tertiary/aromatic N) is 4. The number of benzene rings is 3. The summed E-state index contributed by atoms with van der Waals surface area (Å²) in [6, 6.07) is 21.5. The summed E-state index contributed by atoms with van der Waals surface area (Å²) in [6.07, 6.45) is 2.52. The Kier molecular flexibility index (Phi) is 7.66. The summed E-state index contributed by atoms with van der Waals surface area (Å²) >= 11 is 3.46. The normalized spacial score (nSPS) is 12.3. The Morgan fingerprint density at radius 3 is 2.60 bits per heavy atom. The van der Waals surface area contributed by atoms with Gasteiger partial charge in [-0.1, -0.05) is 60.1 Å². The molecule has 0 aliphatic rings. The minimum Gasteiger partial charge on any atom is -0.488 e. The maximum absolute atomic E-state index is 13.4. The van der Waals surface area contributed by atoms with Crippen LogP contribution in [0, 0.1) is 0 Å². The van der Waals surface area contributed by atoms with E-state index in [-0.39, 0.29) is 11.5 Å². The average molecular weight is 533 g/mol. The van der Waals surface area contributed by atoms with E-state index >= 15 is 0 Å². The standard InChI is InChI=1S/C28H29BrN4O2/c1-5-19(2)27-31-25-14-12-22(29)15-24(25)28(34)33(27)30-17-21-11-13-23(32(3)4)16-26(21)35-18-20-9-7-6-8-10-20/h6-17,19H,5,18H2,1-4H3/t19-/m0/s1. The van der Waals surface area contributed by atoms with Crippen LogP contribution >= 0.6 is 15.9 Å². The molecule has 1 heterocycles. The molecule has 1 aromatic heterocycles. The zero-order valence-electron chi connectivity index (χ0n) is 20.4. The summed E-state index contributed by atoms with van der Waals surface area (Å²) < 4.78 is 8.44. The van der Waals surface area contributed by atoms with E-state index in [4.69, 9.17) is 9.72 Å². The molecule has 0 N–H and O–H groups in total. The highest BCUT2D eigenvalue weighted by atomic mass is 79.9. The number of hydrogen-bond donors (Lipinski definition) is 0. The van der Waals surface area contributed by atoms with Crippen molar-refractivity contribution in [1.82, 2.24) is 9.66 Å². The van der Waals surface area contributed by atoms with Crippen LogP contribution in [0.5, 0.6) is 5.75 Å². The van der Waals surface area contributed by atoms with Crippen molar-refractivity contribution in [2.24, 2.45) is 5.10 Å². The number of hydrogen-bond acceptors (Lipinski definition) is 5. The second-order valence-electron chi connectivity index (χ2n) is 8.69. The molecular weight excluding hydrogens is 504 g/mol. The van der Waals surface area contributed by atoms with Crippen LogP contribution in [0.1, 0.15) is 43.1 Å². The van der Waals surface area contributed by atoms with Gasteiger partial charge in [-0.2, -0.15) is 9.78 Å². The van der Waals surface area contributed by atoms with Crippen LogP contribution < -0.4 is 15.2 Å². The first-order valence-electron chi connectivity index (χ1n) is 11.6. The van der Waals surface area contributed by atoms with E-state index in [0.717, 1.165) is 27.7 Å². The van der Waals surface area contributed by atoms with Crippen molar-refractivity contribution in [3.8, 4) is 5.75 Å². The van der Waals surface area contributed by atoms with Crippen molar-refractivity contribution in [2.45, 2.75) is 32.8 Å². The minimum atomic E-state index is -0.195. The summed E-state index contributed by atoms with van der Waals surface area (Å²) in [4.78, 5) is 20.2. The Morgan fingerprint density at radius 2 is 1.89 bits per heavy atom. The lowest BCUT2D eigenvalue weighted by molar-refractivity contribution is 0.306. The van der Waals surface area contributed by atoms with Gasteiger partial charge in [0.25, 0.3) is 5.56 Å². The monoisotopic (exact) mass is 532 g/mol. The molecule has 6 nitrogen and oxygen atoms in total. The highest BCUT2D eigenvalue weighted by Crippen LogP contribution is 2.26. The predicted molar refractivity (Wildman–Crippen MR) is 147 cm³/mol. The number of halogens is 1. The maximum atomic E-state index is 13.4. The second kappa shape index (κ2) is 10.9. The Labute approximate surface area is 214 Å². The fraction of sp³-hybridized carbons (Fsp3) is 0.250. The summed E-state index contributed by atoms with van der Waals surface area (Å²) in [6.45, 7) is 4.56. The van der Waals surface area contributed by atoms with E-state index < -0.39 is 0 Å². The van der Waals surface area contributed by atoms with Gasteiger partial charge < -0.3 is 9.64 Å². The lowest BCUT2D eigenvalue weighted by Gasteiger charge is -2.17. The summed E-state index contributed by atoms with van der Waals surface area (Å²) in [7, 11) is 3.97. The predicted octanol–water partition coefficient (Wildman–Crippen LogP) is 6.20. The third-order valence-corrected chi connectivity index (χ3v) is 6.44. The average Bonchev–Trinajstić information content (AvgIpc) is 2.87. The van der Waals surface area contributed by atoms with E-state index in [1.54, 1.807) is 12.3 Å². The molecule has 0 aliphatic heterocycles. The van der Waals surface area contributed by atoms with Gasteiger partial charge in [-0.15, -0.1) is 0 Å². The number of ether oxygens (including phenoxy) is 1. The molecule has 0 spiro atoms. The molecule has 0 saturated carbocycles. The number of fused-ring (bicyclic) bond motifs is 1. The van der Waals surface area contributed by atoms with Crippen molar-refractivity contribution < 1.29 is 4.74 Å². The first-order chi connectivity index (χ1) is 16.9. The Balaban J connectivity index is 1.77. The van der Waals surface area contributed by atoms with E-state index in [1.165, 1.54) is 4.68 Å². The first kappa shape index (κ1) is 24.7. The zero-order valence-corrected chi connectivity index (χ0v) is 22.0. The highest BCUT2D eigenvalue weighted by Gasteiger charge is 2.16. The molecular formula is C28H29BrN4O2. The topological polar surface area (TPSA) is 59.7 Å². The van der Waals surface area contributed by atoms with Gasteiger partial charge in [0, 0.05) is 41.8 Å². The van der Waals surface area contributed by atoms with Crippen LogP contribution in [0.3, 0.4) is 0 Å². The van der Waals surface area contributed by atoms with Crippen LogP contribution in [-0.2, 0) is 6.61 Å². The molecule has 0 bridgehead atoms. The fourth-order valence-corrected chi connectivity index (χ4v) is 4.03. The van der Waals surface area contributed by atoms with Crippen LogP contribution in [-0.4, -0.2) is 30.0 Å². The lowest BCUT2D eigenvalue weighted by Crippen LogP contribution is -2.23. The molecule has 7 heteroatoms. The summed E-state index contributed by atoms with van der Waals surface area (Å²) in [5.74, 6) is 1.40. The van der Waals surface area contributed by atoms with Crippen LogP contribution in [0.4, 0.5) is 5.69 Å². The van der Waals surface area contributed by atoms with Crippen molar-refractivity contribution >= 4 is 38.7 Å². The van der Waals surface area contributed by atoms with Crippen LogP contribution in [0.2, 0.25) is 0 Å². The molecule has 0 aliphatic carbocycles. The van der Waals surface area contributed by atoms with Crippen molar-refractivity contribution in [1.29, 1.82) is 0 Å². The van der Waals surface area contributed by atoms with Gasteiger partial charge in [-0.05, 0) is 42.3 Å². The van der Waals surface area contributed by atoms with Crippen LogP contribution in [0.25, 0.3) is 10.9 Å². The zero-order chi connectivity index (χ0) is 24.9. The molecule has 0 amide bonds. The van der Waals surface area contributed by atoms with E-state index in [0.29, 0.717) is 29.1 Å².